The topological polar surface area (TPSA) is 68.0 Å². The first-order valence-electron chi connectivity index (χ1n) is 13.3. The normalized spacial score (nSPS) is 25.3. The summed E-state index contributed by atoms with van der Waals surface area (Å²) < 4.78 is 11.2. The standard InChI is InChI=1S/C29H45N3O3/c1-6-8-13-31(14-9-12-30)28(33)20-32-19-24(23-10-11-26-27(16-23)35-21-34-26)15-25(32)18-29(5,7-2)17-22(3)4/h2,11,16-17,23-25H,6,8-10,12-15,18-21,30H2,1,3-5H3/t23?,24-,25-,29+/m1/s1. The fraction of sp³-hybridized carbons (Fsp3) is 0.690. The van der Waals surface area contributed by atoms with Gasteiger partial charge in [0.15, 0.2) is 11.5 Å². The second-order valence-corrected chi connectivity index (χ2v) is 10.8. The zero-order valence-electron chi connectivity index (χ0n) is 22.2. The van der Waals surface area contributed by atoms with Crippen LogP contribution < -0.4 is 5.73 Å². The predicted molar refractivity (Wildman–Crippen MR) is 141 cm³/mol. The zero-order chi connectivity index (χ0) is 25.4. The number of rotatable bonds is 12. The molecule has 6 nitrogen and oxygen atoms in total. The van der Waals surface area contributed by atoms with Crippen molar-refractivity contribution in [2.24, 2.45) is 23.0 Å². The minimum Gasteiger partial charge on any atom is -0.454 e. The Labute approximate surface area is 212 Å². The Morgan fingerprint density at radius 3 is 2.74 bits per heavy atom. The highest BCUT2D eigenvalue weighted by atomic mass is 16.7. The Bertz CT molecular complexity index is 859. The van der Waals surface area contributed by atoms with Crippen LogP contribution in [-0.2, 0) is 14.3 Å². The summed E-state index contributed by atoms with van der Waals surface area (Å²) in [6, 6.07) is 0.257. The van der Waals surface area contributed by atoms with Crippen LogP contribution >= 0.6 is 0 Å². The lowest BCUT2D eigenvalue weighted by Gasteiger charge is -2.32. The molecule has 6 heteroatoms. The summed E-state index contributed by atoms with van der Waals surface area (Å²) in [5, 5.41) is 0. The number of carbonyl (C=O) groups excluding carboxylic acids is 1. The van der Waals surface area contributed by atoms with Gasteiger partial charge >= 0.3 is 0 Å². The van der Waals surface area contributed by atoms with E-state index in [1.54, 1.807) is 0 Å². The molecule has 3 rings (SSSR count). The quantitative estimate of drug-likeness (QED) is 0.328. The van der Waals surface area contributed by atoms with Gasteiger partial charge in [0.2, 0.25) is 12.7 Å². The molecule has 0 spiro atoms. The van der Waals surface area contributed by atoms with Crippen LogP contribution in [0.2, 0.25) is 0 Å². The number of nitrogens with two attached hydrogens (primary N) is 1. The Morgan fingerprint density at radius 1 is 1.31 bits per heavy atom. The van der Waals surface area contributed by atoms with E-state index in [0.717, 1.165) is 69.7 Å². The van der Waals surface area contributed by atoms with Gasteiger partial charge in [0, 0.05) is 31.1 Å². The summed E-state index contributed by atoms with van der Waals surface area (Å²) >= 11 is 0. The van der Waals surface area contributed by atoms with Gasteiger partial charge in [0.25, 0.3) is 0 Å². The fourth-order valence-electron chi connectivity index (χ4n) is 5.71. The van der Waals surface area contributed by atoms with Crippen LogP contribution in [0.3, 0.4) is 0 Å². The molecule has 194 valence electrons. The molecular weight excluding hydrogens is 438 g/mol. The molecule has 35 heavy (non-hydrogen) atoms. The average Bonchev–Trinajstić information content (AvgIpc) is 3.45. The van der Waals surface area contributed by atoms with E-state index in [-0.39, 0.29) is 17.4 Å². The van der Waals surface area contributed by atoms with Gasteiger partial charge in [-0.15, -0.1) is 6.42 Å². The monoisotopic (exact) mass is 483 g/mol. The van der Waals surface area contributed by atoms with Crippen molar-refractivity contribution in [3.63, 3.8) is 0 Å². The van der Waals surface area contributed by atoms with Crippen molar-refractivity contribution in [3.05, 3.63) is 35.3 Å². The smallest absolute Gasteiger partial charge is 0.236 e. The van der Waals surface area contributed by atoms with Crippen molar-refractivity contribution in [3.8, 4) is 12.3 Å². The van der Waals surface area contributed by atoms with Gasteiger partial charge < -0.3 is 20.1 Å². The highest BCUT2D eigenvalue weighted by Crippen LogP contribution is 2.41. The number of unbranched alkanes of at least 4 members (excludes halogenated alkanes) is 1. The first-order valence-corrected chi connectivity index (χ1v) is 13.3. The molecule has 4 atom stereocenters. The summed E-state index contributed by atoms with van der Waals surface area (Å²) in [6.07, 6.45) is 18.4. The van der Waals surface area contributed by atoms with Crippen LogP contribution in [0, 0.1) is 29.6 Å². The summed E-state index contributed by atoms with van der Waals surface area (Å²) in [5.41, 5.74) is 6.64. The Kier molecular flexibility index (Phi) is 9.89. The molecular formula is C29H45N3O3. The van der Waals surface area contributed by atoms with E-state index in [9.17, 15) is 4.79 Å². The minimum absolute atomic E-state index is 0.207. The number of ether oxygens (including phenoxy) is 2. The summed E-state index contributed by atoms with van der Waals surface area (Å²) in [7, 11) is 0. The number of amides is 1. The predicted octanol–water partition coefficient (Wildman–Crippen LogP) is 4.44. The van der Waals surface area contributed by atoms with Crippen molar-refractivity contribution in [1.29, 1.82) is 0 Å². The van der Waals surface area contributed by atoms with E-state index in [1.165, 1.54) is 5.57 Å². The maximum absolute atomic E-state index is 13.4. The van der Waals surface area contributed by atoms with Crippen LogP contribution in [0.15, 0.2) is 35.3 Å². The number of fused-ring (bicyclic) bond motifs is 1. The molecule has 2 fully saturated rings. The molecule has 0 aromatic carbocycles. The number of nitrogens with zero attached hydrogens (tertiary/aromatic N) is 2. The van der Waals surface area contributed by atoms with Gasteiger partial charge in [0.05, 0.1) is 6.54 Å². The van der Waals surface area contributed by atoms with Crippen LogP contribution in [0.4, 0.5) is 0 Å². The molecule has 2 aliphatic heterocycles. The van der Waals surface area contributed by atoms with E-state index in [1.807, 2.05) is 4.90 Å². The Hall–Kier alpha value is -2.23. The Morgan fingerprint density at radius 2 is 2.06 bits per heavy atom. The number of hydrogen-bond acceptors (Lipinski definition) is 5. The van der Waals surface area contributed by atoms with Crippen LogP contribution in [-0.4, -0.2) is 61.3 Å². The molecule has 1 aliphatic carbocycles. The average molecular weight is 484 g/mol. The Balaban J connectivity index is 1.77. The van der Waals surface area contributed by atoms with Crippen molar-refractivity contribution in [2.45, 2.75) is 72.3 Å². The molecule has 1 unspecified atom stereocenters. The van der Waals surface area contributed by atoms with E-state index in [4.69, 9.17) is 21.6 Å². The maximum Gasteiger partial charge on any atom is 0.236 e. The molecule has 0 aromatic rings. The van der Waals surface area contributed by atoms with Crippen molar-refractivity contribution in [1.82, 2.24) is 9.80 Å². The van der Waals surface area contributed by atoms with E-state index < -0.39 is 0 Å². The molecule has 0 aromatic heterocycles. The molecule has 3 aliphatic rings. The summed E-state index contributed by atoms with van der Waals surface area (Å²) in [5.74, 6) is 5.83. The second-order valence-electron chi connectivity index (χ2n) is 10.8. The molecule has 0 bridgehead atoms. The van der Waals surface area contributed by atoms with Crippen LogP contribution in [0.5, 0.6) is 0 Å². The third kappa shape index (κ3) is 7.38. The third-order valence-electron chi connectivity index (χ3n) is 7.48. The summed E-state index contributed by atoms with van der Waals surface area (Å²) in [4.78, 5) is 17.8. The van der Waals surface area contributed by atoms with Gasteiger partial charge in [0.1, 0.15) is 0 Å². The highest BCUT2D eigenvalue weighted by molar-refractivity contribution is 5.78. The van der Waals surface area contributed by atoms with Gasteiger partial charge in [-0.3, -0.25) is 9.69 Å². The number of terminal acetylenes is 1. The molecule has 2 saturated heterocycles. The third-order valence-corrected chi connectivity index (χ3v) is 7.48. The SMILES string of the molecule is C#C[C@@](C)(C=C(C)C)C[C@H]1C[C@@H](C2C=C3OCOC3=CC2)CN1CC(=O)N(CCCC)CCCN. The van der Waals surface area contributed by atoms with Gasteiger partial charge in [-0.2, -0.15) is 0 Å². The van der Waals surface area contributed by atoms with Gasteiger partial charge in [-0.05, 0) is 83.4 Å². The van der Waals surface area contributed by atoms with E-state index in [0.29, 0.717) is 31.7 Å². The van der Waals surface area contributed by atoms with Crippen LogP contribution in [0.25, 0.3) is 0 Å². The first kappa shape index (κ1) is 27.4. The van der Waals surface area contributed by atoms with Gasteiger partial charge in [-0.1, -0.05) is 30.9 Å². The van der Waals surface area contributed by atoms with E-state index in [2.05, 4.69) is 56.7 Å². The van der Waals surface area contributed by atoms with Gasteiger partial charge in [-0.25, -0.2) is 0 Å². The number of allylic oxidation sites excluding steroid dienone is 4. The lowest BCUT2D eigenvalue weighted by molar-refractivity contribution is -0.133. The van der Waals surface area contributed by atoms with Crippen molar-refractivity contribution in [2.75, 3.05) is 39.5 Å². The second kappa shape index (κ2) is 12.6. The summed E-state index contributed by atoms with van der Waals surface area (Å²) in [6.45, 7) is 12.3. The molecule has 0 radical (unpaired) electrons. The lowest BCUT2D eigenvalue weighted by Crippen LogP contribution is -2.44. The van der Waals surface area contributed by atoms with Crippen molar-refractivity contribution >= 4 is 5.91 Å². The zero-order valence-corrected chi connectivity index (χ0v) is 22.2. The maximum atomic E-state index is 13.4. The first-order chi connectivity index (χ1) is 16.8. The number of carbonyl (C=O) groups is 1. The fourth-order valence-corrected chi connectivity index (χ4v) is 5.71. The number of likely N-dealkylation sites (tertiary alicyclic amines) is 1. The van der Waals surface area contributed by atoms with Crippen LogP contribution in [0.1, 0.15) is 66.2 Å². The largest absolute Gasteiger partial charge is 0.454 e. The highest BCUT2D eigenvalue weighted by Gasteiger charge is 2.41. The minimum atomic E-state index is -0.332. The molecule has 2 N–H and O–H groups in total. The lowest BCUT2D eigenvalue weighted by atomic mass is 9.79. The molecule has 0 saturated carbocycles. The number of hydrogen-bond donors (Lipinski definition) is 1. The van der Waals surface area contributed by atoms with Crippen molar-refractivity contribution < 1.29 is 14.3 Å². The molecule has 2 heterocycles. The van der Waals surface area contributed by atoms with E-state index >= 15 is 0 Å². The molecule has 1 amide bonds.